The van der Waals surface area contributed by atoms with Crippen molar-refractivity contribution in [1.29, 1.82) is 0 Å². The number of aryl methyl sites for hydroxylation is 2. The maximum Gasteiger partial charge on any atom is 0.532 e. The summed E-state index contributed by atoms with van der Waals surface area (Å²) in [5.74, 6) is 2.40. The van der Waals surface area contributed by atoms with Crippen molar-refractivity contribution in [2.24, 2.45) is 0 Å². The van der Waals surface area contributed by atoms with E-state index in [0.717, 1.165) is 65.2 Å². The number of hydrogen-bond donors (Lipinski definition) is 0. The summed E-state index contributed by atoms with van der Waals surface area (Å²) >= 11 is 6.38. The van der Waals surface area contributed by atoms with Crippen LogP contribution < -0.4 is 5.66 Å². The highest BCUT2D eigenvalue weighted by Gasteiger charge is 2.53. The van der Waals surface area contributed by atoms with Gasteiger partial charge in [-0.1, -0.05) is 24.3 Å². The molecule has 0 spiro atoms. The predicted octanol–water partition coefficient (Wildman–Crippen LogP) is 11.3. The Kier molecular flexibility index (Phi) is 9.49. The maximum absolute atomic E-state index is 5.99. The average molecular weight is 770 g/mol. The Morgan fingerprint density at radius 2 is 1.20 bits per heavy atom. The highest BCUT2D eigenvalue weighted by atomic mass is 79.9. The van der Waals surface area contributed by atoms with Gasteiger partial charge in [0.1, 0.15) is 27.1 Å². The molecule has 9 rings (SSSR count). The van der Waals surface area contributed by atoms with E-state index in [4.69, 9.17) is 27.0 Å². The molecule has 0 atom stereocenters. The van der Waals surface area contributed by atoms with Crippen LogP contribution in [0.3, 0.4) is 0 Å². The molecule has 8 aromatic rings. The Balaban J connectivity index is 0.000000123. The Morgan fingerprint density at radius 3 is 1.76 bits per heavy atom. The van der Waals surface area contributed by atoms with Gasteiger partial charge in [-0.2, -0.15) is 0 Å². The second-order valence-electron chi connectivity index (χ2n) is 12.9. The maximum atomic E-state index is 5.99. The van der Waals surface area contributed by atoms with Crippen LogP contribution in [0.4, 0.5) is 0 Å². The van der Waals surface area contributed by atoms with Gasteiger partial charge in [0.25, 0.3) is 0 Å². The van der Waals surface area contributed by atoms with Crippen molar-refractivity contribution in [1.82, 2.24) is 9.97 Å². The predicted molar refractivity (Wildman–Crippen MR) is 204 cm³/mol. The molecule has 0 saturated carbocycles. The minimum absolute atomic E-state index is 0.341. The molecule has 12 heteroatoms. The SMILES string of the molecule is Brc1csc(-c2ccco2)n1.Cc1ccc2cc(-c3csc(-c4ccco4)n3)oc2c1.Cc1ccc2cc(B3OC(C)(C)C(C)(C)O3)oc2c1. The number of nitrogens with zero attached hydrogens (tertiary/aromatic N) is 2. The summed E-state index contributed by atoms with van der Waals surface area (Å²) in [6.45, 7) is 12.3. The first-order valence-corrected chi connectivity index (χ1v) is 18.5. The van der Waals surface area contributed by atoms with E-state index in [1.165, 1.54) is 11.1 Å². The molecule has 0 amide bonds. The van der Waals surface area contributed by atoms with Crippen molar-refractivity contribution in [3.63, 3.8) is 0 Å². The molecule has 50 heavy (non-hydrogen) atoms. The van der Waals surface area contributed by atoms with Crippen molar-refractivity contribution in [2.75, 3.05) is 0 Å². The molecule has 1 aliphatic rings. The topological polar surface area (TPSA) is 96.8 Å². The summed E-state index contributed by atoms with van der Waals surface area (Å²) in [7, 11) is -0.433. The smallest absolute Gasteiger partial charge is 0.465 e. The fourth-order valence-corrected chi connectivity index (χ4v) is 7.16. The summed E-state index contributed by atoms with van der Waals surface area (Å²) in [5.41, 5.74) is 5.04. The lowest BCUT2D eigenvalue weighted by Crippen LogP contribution is -2.41. The number of furan rings is 4. The van der Waals surface area contributed by atoms with Gasteiger partial charge in [-0.25, -0.2) is 9.97 Å². The van der Waals surface area contributed by atoms with Crippen molar-refractivity contribution >= 4 is 73.3 Å². The van der Waals surface area contributed by atoms with E-state index < -0.39 is 7.12 Å². The Hall–Kier alpha value is -4.20. The minimum Gasteiger partial charge on any atom is -0.465 e. The van der Waals surface area contributed by atoms with E-state index in [0.29, 0.717) is 0 Å². The third kappa shape index (κ3) is 7.31. The van der Waals surface area contributed by atoms with Crippen LogP contribution in [-0.2, 0) is 9.31 Å². The van der Waals surface area contributed by atoms with E-state index in [2.05, 4.69) is 64.0 Å². The van der Waals surface area contributed by atoms with Gasteiger partial charge in [-0.3, -0.25) is 0 Å². The van der Waals surface area contributed by atoms with Crippen LogP contribution in [0.15, 0.2) is 118 Å². The molecule has 6 aromatic heterocycles. The molecule has 0 radical (unpaired) electrons. The molecular weight excluding hydrogens is 735 g/mol. The van der Waals surface area contributed by atoms with Crippen LogP contribution in [0.5, 0.6) is 0 Å². The summed E-state index contributed by atoms with van der Waals surface area (Å²) in [6.07, 6.45) is 3.30. The lowest BCUT2D eigenvalue weighted by molar-refractivity contribution is 0.00578. The fraction of sp³-hybridized carbons (Fsp3) is 0.211. The molecule has 1 fully saturated rings. The van der Waals surface area contributed by atoms with Crippen LogP contribution in [0.2, 0.25) is 0 Å². The van der Waals surface area contributed by atoms with E-state index in [1.807, 2.05) is 87.0 Å². The van der Waals surface area contributed by atoms with Gasteiger partial charge in [-0.05, 0) is 117 Å². The zero-order chi connectivity index (χ0) is 35.0. The number of benzene rings is 2. The molecule has 0 bridgehead atoms. The van der Waals surface area contributed by atoms with Crippen LogP contribution in [0, 0.1) is 13.8 Å². The highest BCUT2D eigenvalue weighted by molar-refractivity contribution is 9.10. The molecule has 1 saturated heterocycles. The normalized spacial score (nSPS) is 14.8. The van der Waals surface area contributed by atoms with Gasteiger partial charge in [0.15, 0.2) is 27.3 Å². The third-order valence-corrected chi connectivity index (χ3v) is 11.0. The summed E-state index contributed by atoms with van der Waals surface area (Å²) in [4.78, 5) is 8.77. The second kappa shape index (κ2) is 13.8. The van der Waals surface area contributed by atoms with Crippen molar-refractivity contribution in [3.8, 4) is 33.0 Å². The summed E-state index contributed by atoms with van der Waals surface area (Å²) in [5, 5.41) is 7.86. The molecule has 254 valence electrons. The monoisotopic (exact) mass is 768 g/mol. The fourth-order valence-electron chi connectivity index (χ4n) is 5.17. The van der Waals surface area contributed by atoms with E-state index in [-0.39, 0.29) is 11.2 Å². The van der Waals surface area contributed by atoms with Crippen molar-refractivity contribution in [3.05, 3.63) is 112 Å². The standard InChI is InChI=1S/C16H11NO2S.C15H19BO3.C7H4BrNOS/c1-10-4-5-11-8-15(19-14(11)7-10)12-9-20-16(17-12)13-3-2-6-18-13;1-10-6-7-11-9-13(17-12(11)8-10)16-18-14(2,3)15(4,5)19-16;8-6-4-11-7(9-6)5-2-1-3-10-5/h2-9H,1H3;6-9H,1-5H3;1-4H. The molecule has 8 nitrogen and oxygen atoms in total. The number of halogens is 1. The number of rotatable bonds is 4. The number of thiazole rings is 2. The van der Waals surface area contributed by atoms with Crippen molar-refractivity contribution < 1.29 is 27.0 Å². The quantitative estimate of drug-likeness (QED) is 0.163. The van der Waals surface area contributed by atoms with Crippen LogP contribution in [-0.4, -0.2) is 28.3 Å². The summed E-state index contributed by atoms with van der Waals surface area (Å²) in [6, 6.07) is 23.9. The number of fused-ring (bicyclic) bond motifs is 2. The molecule has 0 aliphatic carbocycles. The van der Waals surface area contributed by atoms with Gasteiger partial charge in [0.2, 0.25) is 0 Å². The summed E-state index contributed by atoms with van der Waals surface area (Å²) < 4.78 is 35.1. The van der Waals surface area contributed by atoms with Gasteiger partial charge in [-0.15, -0.1) is 22.7 Å². The Bertz CT molecular complexity index is 2330. The Labute approximate surface area is 306 Å². The average Bonchev–Trinajstić information content (AvgIpc) is 3.91. The van der Waals surface area contributed by atoms with Gasteiger partial charge >= 0.3 is 7.12 Å². The van der Waals surface area contributed by atoms with Crippen molar-refractivity contribution in [2.45, 2.75) is 52.7 Å². The van der Waals surface area contributed by atoms with E-state index in [9.17, 15) is 0 Å². The molecule has 7 heterocycles. The second-order valence-corrected chi connectivity index (χ2v) is 15.4. The molecule has 2 aromatic carbocycles. The molecule has 0 N–H and O–H groups in total. The van der Waals surface area contributed by atoms with Gasteiger partial charge < -0.3 is 27.0 Å². The van der Waals surface area contributed by atoms with E-state index in [1.54, 1.807) is 35.2 Å². The minimum atomic E-state index is -0.433. The first-order valence-electron chi connectivity index (χ1n) is 15.9. The molecule has 0 unspecified atom stereocenters. The van der Waals surface area contributed by atoms with Crippen LogP contribution >= 0.6 is 38.6 Å². The highest BCUT2D eigenvalue weighted by Crippen LogP contribution is 2.37. The number of hydrogen-bond acceptors (Lipinski definition) is 10. The zero-order valence-corrected chi connectivity index (χ0v) is 31.6. The van der Waals surface area contributed by atoms with Crippen LogP contribution in [0.1, 0.15) is 38.8 Å². The molecular formula is C38H34BBrN2O6S2. The zero-order valence-electron chi connectivity index (χ0n) is 28.4. The van der Waals surface area contributed by atoms with Gasteiger partial charge in [0, 0.05) is 21.5 Å². The van der Waals surface area contributed by atoms with Crippen LogP contribution in [0.25, 0.3) is 54.9 Å². The first kappa shape index (κ1) is 34.3. The lowest BCUT2D eigenvalue weighted by Gasteiger charge is -2.32. The number of aromatic nitrogens is 2. The lowest BCUT2D eigenvalue weighted by atomic mass is 9.86. The molecule has 1 aliphatic heterocycles. The third-order valence-electron chi connectivity index (χ3n) is 8.55. The Morgan fingerprint density at radius 1 is 0.640 bits per heavy atom. The largest absolute Gasteiger partial charge is 0.532 e. The first-order chi connectivity index (χ1) is 23.9. The van der Waals surface area contributed by atoms with E-state index >= 15 is 0 Å². The van der Waals surface area contributed by atoms with Gasteiger partial charge in [0.05, 0.1) is 23.7 Å².